The summed E-state index contributed by atoms with van der Waals surface area (Å²) in [5, 5.41) is 5.21. The number of ether oxygens (including phenoxy) is 1. The lowest BCUT2D eigenvalue weighted by atomic mass is 9.92. The minimum absolute atomic E-state index is 0.174. The Hall–Kier alpha value is -1.89. The number of nitrogens with zero attached hydrogens (tertiary/aromatic N) is 4. The normalized spacial score (nSPS) is 11.5. The van der Waals surface area contributed by atoms with Crippen molar-refractivity contribution in [1.82, 2.24) is 19.7 Å². The number of carbonyl (C=O) groups is 1. The molecule has 22 heavy (non-hydrogen) atoms. The zero-order valence-electron chi connectivity index (χ0n) is 13.5. The molecule has 0 saturated carbocycles. The van der Waals surface area contributed by atoms with Crippen molar-refractivity contribution in [2.75, 3.05) is 12.9 Å². The van der Waals surface area contributed by atoms with Gasteiger partial charge in [-0.2, -0.15) is 5.10 Å². The second-order valence-corrected chi connectivity index (χ2v) is 6.50. The molecule has 6 nitrogen and oxygen atoms in total. The van der Waals surface area contributed by atoms with Crippen molar-refractivity contribution >= 4 is 17.7 Å². The number of carbonyl (C=O) groups excluding carboxylic acids is 1. The number of aromatic nitrogens is 4. The van der Waals surface area contributed by atoms with Gasteiger partial charge in [0.15, 0.2) is 10.9 Å². The van der Waals surface area contributed by atoms with Gasteiger partial charge < -0.3 is 4.74 Å². The summed E-state index contributed by atoms with van der Waals surface area (Å²) in [6.07, 6.45) is 5.21. The monoisotopic (exact) mass is 320 g/mol. The molecule has 7 heteroatoms. The van der Waals surface area contributed by atoms with Crippen LogP contribution in [-0.2, 0) is 10.2 Å². The van der Waals surface area contributed by atoms with Gasteiger partial charge in [0.25, 0.3) is 0 Å². The molecule has 0 unspecified atom stereocenters. The lowest BCUT2D eigenvalue weighted by Crippen LogP contribution is -2.13. The van der Waals surface area contributed by atoms with E-state index in [4.69, 9.17) is 4.74 Å². The van der Waals surface area contributed by atoms with Gasteiger partial charge in [-0.3, -0.25) is 0 Å². The summed E-state index contributed by atoms with van der Waals surface area (Å²) in [6.45, 7) is 8.22. The Bertz CT molecular complexity index is 659. The van der Waals surface area contributed by atoms with Crippen molar-refractivity contribution in [3.63, 3.8) is 0 Å². The van der Waals surface area contributed by atoms with Crippen molar-refractivity contribution < 1.29 is 9.53 Å². The fraction of sp³-hybridized carbons (Fsp3) is 0.467. The van der Waals surface area contributed by atoms with E-state index in [1.54, 1.807) is 30.1 Å². The third-order valence-electron chi connectivity index (χ3n) is 3.00. The zero-order valence-corrected chi connectivity index (χ0v) is 14.3. The number of rotatable bonds is 4. The van der Waals surface area contributed by atoms with Crippen LogP contribution in [0.2, 0.25) is 0 Å². The molecule has 0 spiro atoms. The Morgan fingerprint density at radius 2 is 1.95 bits per heavy atom. The minimum Gasteiger partial charge on any atom is -0.461 e. The highest BCUT2D eigenvalue weighted by molar-refractivity contribution is 7.98. The molecular weight excluding hydrogens is 300 g/mol. The van der Waals surface area contributed by atoms with E-state index in [9.17, 15) is 4.79 Å². The summed E-state index contributed by atoms with van der Waals surface area (Å²) in [5.41, 5.74) is 1.65. The van der Waals surface area contributed by atoms with Crippen LogP contribution in [0.4, 0.5) is 0 Å². The average molecular weight is 320 g/mol. The van der Waals surface area contributed by atoms with Crippen molar-refractivity contribution in [3.05, 3.63) is 29.8 Å². The van der Waals surface area contributed by atoms with Crippen LogP contribution in [0.3, 0.4) is 0 Å². The number of esters is 1. The predicted molar refractivity (Wildman–Crippen MR) is 85.6 cm³/mol. The Kier molecular flexibility index (Phi) is 4.85. The van der Waals surface area contributed by atoms with Crippen LogP contribution in [0.25, 0.3) is 5.69 Å². The van der Waals surface area contributed by atoms with Gasteiger partial charge in [0.05, 0.1) is 24.7 Å². The third-order valence-corrected chi connectivity index (χ3v) is 3.58. The van der Waals surface area contributed by atoms with Crippen molar-refractivity contribution in [2.45, 2.75) is 38.3 Å². The van der Waals surface area contributed by atoms with E-state index in [1.807, 2.05) is 27.0 Å². The summed E-state index contributed by atoms with van der Waals surface area (Å²) in [6, 6.07) is 1.76. The maximum absolute atomic E-state index is 12.2. The third kappa shape index (κ3) is 3.47. The van der Waals surface area contributed by atoms with E-state index in [1.165, 1.54) is 11.8 Å². The standard InChI is InChI=1S/C15H20N4O2S/c1-6-21-13(20)11-7-12(15(2,3)4)18-19(11)10-8-16-14(22-5)17-9-10/h7-9H,6H2,1-5H3. The van der Waals surface area contributed by atoms with Gasteiger partial charge in [0, 0.05) is 5.41 Å². The molecule has 118 valence electrons. The van der Waals surface area contributed by atoms with E-state index in [-0.39, 0.29) is 5.41 Å². The molecule has 0 saturated heterocycles. The molecule has 0 atom stereocenters. The summed E-state index contributed by atoms with van der Waals surface area (Å²) in [7, 11) is 0. The van der Waals surface area contributed by atoms with Crippen LogP contribution in [0, 0.1) is 0 Å². The lowest BCUT2D eigenvalue weighted by Gasteiger charge is -2.14. The molecule has 2 rings (SSSR count). The van der Waals surface area contributed by atoms with E-state index in [2.05, 4.69) is 15.1 Å². The zero-order chi connectivity index (χ0) is 16.3. The first-order chi connectivity index (χ1) is 10.4. The van der Waals surface area contributed by atoms with Crippen LogP contribution < -0.4 is 0 Å². The largest absolute Gasteiger partial charge is 0.461 e. The molecule has 2 heterocycles. The maximum atomic E-state index is 12.2. The van der Waals surface area contributed by atoms with Gasteiger partial charge in [-0.15, -0.1) is 0 Å². The first-order valence-electron chi connectivity index (χ1n) is 7.01. The molecule has 0 aliphatic heterocycles. The first kappa shape index (κ1) is 16.5. The molecule has 0 N–H and O–H groups in total. The summed E-state index contributed by atoms with van der Waals surface area (Å²) >= 11 is 1.46. The Morgan fingerprint density at radius 3 is 2.45 bits per heavy atom. The van der Waals surface area contributed by atoms with Crippen LogP contribution in [0.5, 0.6) is 0 Å². The van der Waals surface area contributed by atoms with Gasteiger partial charge in [0.1, 0.15) is 5.69 Å². The van der Waals surface area contributed by atoms with Crippen molar-refractivity contribution in [1.29, 1.82) is 0 Å². The van der Waals surface area contributed by atoms with Crippen LogP contribution >= 0.6 is 11.8 Å². The number of hydrogen-bond donors (Lipinski definition) is 0. The van der Waals surface area contributed by atoms with Crippen molar-refractivity contribution in [3.8, 4) is 5.69 Å². The van der Waals surface area contributed by atoms with Gasteiger partial charge in [-0.05, 0) is 19.2 Å². The fourth-order valence-electron chi connectivity index (χ4n) is 1.82. The lowest BCUT2D eigenvalue weighted by molar-refractivity contribution is 0.0515. The molecule has 0 bridgehead atoms. The van der Waals surface area contributed by atoms with Crippen LogP contribution in [-0.4, -0.2) is 38.6 Å². The quantitative estimate of drug-likeness (QED) is 0.490. The highest BCUT2D eigenvalue weighted by Gasteiger charge is 2.24. The summed E-state index contributed by atoms with van der Waals surface area (Å²) < 4.78 is 6.66. The number of thioether (sulfide) groups is 1. The highest BCUT2D eigenvalue weighted by atomic mass is 32.2. The smallest absolute Gasteiger partial charge is 0.357 e. The van der Waals surface area contributed by atoms with Crippen LogP contribution in [0.15, 0.2) is 23.6 Å². The summed E-state index contributed by atoms with van der Waals surface area (Å²) in [4.78, 5) is 20.6. The van der Waals surface area contributed by atoms with Gasteiger partial charge in [0.2, 0.25) is 0 Å². The molecule has 0 aromatic carbocycles. The van der Waals surface area contributed by atoms with Gasteiger partial charge in [-0.1, -0.05) is 32.5 Å². The molecule has 0 aliphatic carbocycles. The van der Waals surface area contributed by atoms with Gasteiger partial charge >= 0.3 is 5.97 Å². The van der Waals surface area contributed by atoms with Gasteiger partial charge in [-0.25, -0.2) is 19.4 Å². The van der Waals surface area contributed by atoms with E-state index < -0.39 is 5.97 Å². The topological polar surface area (TPSA) is 69.9 Å². The molecule has 0 radical (unpaired) electrons. The molecule has 0 aliphatic rings. The molecular formula is C15H20N4O2S. The highest BCUT2D eigenvalue weighted by Crippen LogP contribution is 2.24. The molecule has 2 aromatic rings. The van der Waals surface area contributed by atoms with Crippen LogP contribution in [0.1, 0.15) is 43.9 Å². The van der Waals surface area contributed by atoms with E-state index in [0.717, 1.165) is 5.69 Å². The molecule has 0 fully saturated rings. The first-order valence-corrected chi connectivity index (χ1v) is 8.23. The summed E-state index contributed by atoms with van der Waals surface area (Å²) in [5.74, 6) is -0.403. The number of hydrogen-bond acceptors (Lipinski definition) is 6. The van der Waals surface area contributed by atoms with E-state index in [0.29, 0.717) is 23.1 Å². The predicted octanol–water partition coefficient (Wildman–Crippen LogP) is 2.86. The second-order valence-electron chi connectivity index (χ2n) is 5.73. The SMILES string of the molecule is CCOC(=O)c1cc(C(C)(C)C)nn1-c1cnc(SC)nc1. The van der Waals surface area contributed by atoms with Crippen molar-refractivity contribution in [2.24, 2.45) is 0 Å². The van der Waals surface area contributed by atoms with E-state index >= 15 is 0 Å². The Morgan fingerprint density at radius 1 is 1.32 bits per heavy atom. The minimum atomic E-state index is -0.403. The maximum Gasteiger partial charge on any atom is 0.357 e. The molecule has 2 aromatic heterocycles. The fourth-order valence-corrected chi connectivity index (χ4v) is 2.14. The Labute approximate surface area is 134 Å². The Balaban J connectivity index is 2.51. The average Bonchev–Trinajstić information content (AvgIpc) is 2.93. The molecule has 0 amide bonds. The second kappa shape index (κ2) is 6.48.